The highest BCUT2D eigenvalue weighted by Crippen LogP contribution is 2.27. The number of nitrogens with zero attached hydrogens (tertiary/aromatic N) is 1. The molecule has 0 spiro atoms. The summed E-state index contributed by atoms with van der Waals surface area (Å²) in [6.07, 6.45) is 12.3. The van der Waals surface area contributed by atoms with Crippen molar-refractivity contribution in [3.05, 3.63) is 81.3 Å². The number of ether oxygens (including phenoxy) is 2. The zero-order chi connectivity index (χ0) is 23.3. The minimum Gasteiger partial charge on any atom is -0.497 e. The van der Waals surface area contributed by atoms with Gasteiger partial charge in [0.2, 0.25) is 0 Å². The van der Waals surface area contributed by atoms with Gasteiger partial charge in [0.05, 0.1) is 19.2 Å². The van der Waals surface area contributed by atoms with Crippen LogP contribution in [-0.4, -0.2) is 24.1 Å². The van der Waals surface area contributed by atoms with Crippen molar-refractivity contribution in [2.45, 2.75) is 20.4 Å². The number of hydrogen-bond donors (Lipinski definition) is 0. The molecule has 0 saturated heterocycles. The molecule has 0 aliphatic rings. The van der Waals surface area contributed by atoms with E-state index in [1.165, 1.54) is 10.8 Å². The molecule has 2 aromatic carbocycles. The van der Waals surface area contributed by atoms with E-state index in [1.807, 2.05) is 13.8 Å². The molecule has 0 amide bonds. The highest BCUT2D eigenvalue weighted by atomic mass is 16.5. The van der Waals surface area contributed by atoms with Gasteiger partial charge in [-0.1, -0.05) is 24.0 Å². The van der Waals surface area contributed by atoms with Crippen LogP contribution in [0.4, 0.5) is 0 Å². The summed E-state index contributed by atoms with van der Waals surface area (Å²) in [7, 11) is 1.57. The van der Waals surface area contributed by atoms with E-state index >= 15 is 0 Å². The average molecular weight is 425 g/mol. The van der Waals surface area contributed by atoms with Gasteiger partial charge in [-0.2, -0.15) is 0 Å². The third-order valence-corrected chi connectivity index (χ3v) is 5.16. The van der Waals surface area contributed by atoms with E-state index in [1.54, 1.807) is 49.6 Å². The lowest BCUT2D eigenvalue weighted by Gasteiger charge is -2.14. The van der Waals surface area contributed by atoms with Gasteiger partial charge in [0.25, 0.3) is 5.56 Å². The van der Waals surface area contributed by atoms with E-state index in [0.717, 1.165) is 11.1 Å². The predicted octanol–water partition coefficient (Wildman–Crippen LogP) is 4.02. The van der Waals surface area contributed by atoms with Crippen LogP contribution in [-0.2, 0) is 6.54 Å². The van der Waals surface area contributed by atoms with Gasteiger partial charge >= 0.3 is 0 Å². The second kappa shape index (κ2) is 9.73. The van der Waals surface area contributed by atoms with E-state index in [4.69, 9.17) is 22.3 Å². The first-order valence-electron chi connectivity index (χ1n) is 9.94. The minimum absolute atomic E-state index is 0.0382. The molecule has 5 heteroatoms. The van der Waals surface area contributed by atoms with Gasteiger partial charge in [-0.05, 0) is 60.9 Å². The van der Waals surface area contributed by atoms with Crippen molar-refractivity contribution in [3.63, 3.8) is 0 Å². The summed E-state index contributed by atoms with van der Waals surface area (Å²) >= 11 is 0. The fraction of sp³-hybridized carbons (Fsp3) is 0.185. The predicted molar refractivity (Wildman–Crippen MR) is 125 cm³/mol. The molecular weight excluding hydrogens is 402 g/mol. The number of aryl methyl sites for hydroxylation is 2. The van der Waals surface area contributed by atoms with Crippen LogP contribution in [0.5, 0.6) is 11.5 Å². The zero-order valence-corrected chi connectivity index (χ0v) is 18.3. The molecule has 0 aliphatic heterocycles. The number of carbonyl (C=O) groups is 1. The lowest BCUT2D eigenvalue weighted by atomic mass is 9.97. The summed E-state index contributed by atoms with van der Waals surface area (Å²) in [6, 6.07) is 12.2. The molecule has 32 heavy (non-hydrogen) atoms. The van der Waals surface area contributed by atoms with Gasteiger partial charge in [-0.3, -0.25) is 9.59 Å². The Hall–Kier alpha value is -4.22. The van der Waals surface area contributed by atoms with Gasteiger partial charge in [-0.25, -0.2) is 0 Å². The van der Waals surface area contributed by atoms with Gasteiger partial charge in [0.15, 0.2) is 5.78 Å². The summed E-state index contributed by atoms with van der Waals surface area (Å²) in [6.45, 7) is 3.92. The Bertz CT molecular complexity index is 1300. The molecule has 0 N–H and O–H groups in total. The number of pyridine rings is 1. The Labute approximate surface area is 187 Å². The summed E-state index contributed by atoms with van der Waals surface area (Å²) in [5, 5.41) is 0. The van der Waals surface area contributed by atoms with Crippen molar-refractivity contribution in [3.8, 4) is 47.3 Å². The third kappa shape index (κ3) is 4.58. The quantitative estimate of drug-likeness (QED) is 0.424. The number of rotatable bonds is 7. The number of hydrogen-bond acceptors (Lipinski definition) is 4. The van der Waals surface area contributed by atoms with E-state index in [9.17, 15) is 9.59 Å². The molecule has 0 aliphatic carbocycles. The molecular formula is C27H23NO4. The van der Waals surface area contributed by atoms with Crippen molar-refractivity contribution in [2.75, 3.05) is 13.7 Å². The fourth-order valence-corrected chi connectivity index (χ4v) is 3.31. The summed E-state index contributed by atoms with van der Waals surface area (Å²) in [5.74, 6) is 5.66. The number of aromatic nitrogens is 1. The molecule has 0 fully saturated rings. The monoisotopic (exact) mass is 425 g/mol. The summed E-state index contributed by atoms with van der Waals surface area (Å²) in [4.78, 5) is 26.5. The summed E-state index contributed by atoms with van der Waals surface area (Å²) < 4.78 is 12.2. The molecule has 3 rings (SSSR count). The molecule has 0 bridgehead atoms. The number of terminal acetylenes is 2. The molecule has 5 nitrogen and oxygen atoms in total. The first kappa shape index (κ1) is 22.5. The zero-order valence-electron chi connectivity index (χ0n) is 18.3. The van der Waals surface area contributed by atoms with E-state index in [0.29, 0.717) is 33.8 Å². The first-order chi connectivity index (χ1) is 15.4. The van der Waals surface area contributed by atoms with Crippen molar-refractivity contribution in [1.29, 1.82) is 0 Å². The van der Waals surface area contributed by atoms with Crippen LogP contribution in [0.15, 0.2) is 53.5 Å². The van der Waals surface area contributed by atoms with Gasteiger partial charge in [-0.15, -0.1) is 12.8 Å². The Balaban J connectivity index is 2.17. The Morgan fingerprint density at radius 2 is 1.72 bits per heavy atom. The van der Waals surface area contributed by atoms with Crippen molar-refractivity contribution >= 4 is 5.78 Å². The van der Waals surface area contributed by atoms with Crippen LogP contribution in [0.3, 0.4) is 0 Å². The van der Waals surface area contributed by atoms with Crippen LogP contribution in [0, 0.1) is 38.5 Å². The Kier molecular flexibility index (Phi) is 6.83. The summed E-state index contributed by atoms with van der Waals surface area (Å²) in [5.41, 5.74) is 3.34. The van der Waals surface area contributed by atoms with Crippen LogP contribution in [0.25, 0.3) is 11.1 Å². The van der Waals surface area contributed by atoms with Crippen LogP contribution in [0.2, 0.25) is 0 Å². The van der Waals surface area contributed by atoms with Crippen LogP contribution >= 0.6 is 0 Å². The lowest BCUT2D eigenvalue weighted by molar-refractivity contribution is 0.103. The number of methoxy groups -OCH3 is 1. The van der Waals surface area contributed by atoms with Crippen molar-refractivity contribution in [1.82, 2.24) is 4.57 Å². The van der Waals surface area contributed by atoms with Crippen molar-refractivity contribution < 1.29 is 14.3 Å². The maximum atomic E-state index is 13.5. The van der Waals surface area contributed by atoms with Crippen LogP contribution < -0.4 is 15.0 Å². The molecule has 160 valence electrons. The smallest absolute Gasteiger partial charge is 0.259 e. The molecule has 1 aromatic heterocycles. The normalized spacial score (nSPS) is 10.2. The molecule has 0 atom stereocenters. The minimum atomic E-state index is -0.291. The third-order valence-electron chi connectivity index (χ3n) is 5.16. The first-order valence-corrected chi connectivity index (χ1v) is 9.94. The standard InChI is InChI=1S/C27H23NO4/c1-6-12-28-17-21(16-23(27(28)30)20-8-10-22(31-5)11-9-20)26(29)24-14-18(3)19(4)15-25(24)32-13-7-2/h1-2,8-11,14-17H,12-13H2,3-5H3. The topological polar surface area (TPSA) is 57.5 Å². The van der Waals surface area contributed by atoms with Crippen molar-refractivity contribution in [2.24, 2.45) is 0 Å². The Morgan fingerprint density at radius 3 is 2.34 bits per heavy atom. The van der Waals surface area contributed by atoms with Crippen LogP contribution in [0.1, 0.15) is 27.0 Å². The molecule has 0 unspecified atom stereocenters. The second-order valence-corrected chi connectivity index (χ2v) is 7.26. The lowest BCUT2D eigenvalue weighted by Crippen LogP contribution is -2.23. The highest BCUT2D eigenvalue weighted by Gasteiger charge is 2.20. The SMILES string of the molecule is C#CCOc1cc(C)c(C)cc1C(=O)c1cc(-c2ccc(OC)cc2)c(=O)n(CC#C)c1. The largest absolute Gasteiger partial charge is 0.497 e. The second-order valence-electron chi connectivity index (χ2n) is 7.26. The number of benzene rings is 2. The maximum Gasteiger partial charge on any atom is 0.259 e. The van der Waals surface area contributed by atoms with Gasteiger partial charge in [0, 0.05) is 17.3 Å². The van der Waals surface area contributed by atoms with Gasteiger partial charge in [0.1, 0.15) is 18.1 Å². The maximum absolute atomic E-state index is 13.5. The van der Waals surface area contributed by atoms with E-state index in [2.05, 4.69) is 11.8 Å². The van der Waals surface area contributed by atoms with E-state index in [-0.39, 0.29) is 24.5 Å². The highest BCUT2D eigenvalue weighted by molar-refractivity contribution is 6.11. The molecule has 0 radical (unpaired) electrons. The molecule has 0 saturated carbocycles. The Morgan fingerprint density at radius 1 is 1.03 bits per heavy atom. The van der Waals surface area contributed by atoms with E-state index < -0.39 is 0 Å². The van der Waals surface area contributed by atoms with Gasteiger partial charge < -0.3 is 14.0 Å². The molecule has 1 heterocycles. The average Bonchev–Trinajstić information content (AvgIpc) is 2.80. The molecule has 3 aromatic rings. The fourth-order valence-electron chi connectivity index (χ4n) is 3.31. The number of ketones is 1. The number of carbonyl (C=O) groups excluding carboxylic acids is 1.